The van der Waals surface area contributed by atoms with E-state index in [1.165, 1.54) is 59.8 Å². The van der Waals surface area contributed by atoms with Crippen molar-refractivity contribution in [2.75, 3.05) is 33.9 Å². The number of hydrogen-bond donors (Lipinski definition) is 0. The number of methoxy groups -OCH3 is 2. The van der Waals surface area contributed by atoms with Gasteiger partial charge >= 0.3 is 0 Å². The van der Waals surface area contributed by atoms with Gasteiger partial charge in [-0.1, -0.05) is 48.5 Å². The van der Waals surface area contributed by atoms with Crippen LogP contribution < -0.4 is 9.47 Å². The second kappa shape index (κ2) is 8.72. The molecular formula is C36H41NO4. The van der Waals surface area contributed by atoms with Gasteiger partial charge in [-0.25, -0.2) is 0 Å². The van der Waals surface area contributed by atoms with Crippen LogP contribution in [0.5, 0.6) is 11.5 Å². The molecule has 2 heterocycles. The average molecular weight is 552 g/mol. The average Bonchev–Trinajstić information content (AvgIpc) is 3.75. The Hall–Kier alpha value is -2.60. The van der Waals surface area contributed by atoms with Crippen LogP contribution >= 0.6 is 0 Å². The molecule has 5 fully saturated rings. The maximum Gasteiger partial charge on any atom is 0.165 e. The van der Waals surface area contributed by atoms with Gasteiger partial charge in [0, 0.05) is 42.0 Å². The molecule has 0 amide bonds. The molecule has 10 rings (SSSR count). The first-order valence-corrected chi connectivity index (χ1v) is 15.8. The summed E-state index contributed by atoms with van der Waals surface area (Å²) in [4.78, 5) is 2.91. The lowest BCUT2D eigenvalue weighted by Gasteiger charge is -2.74. The lowest BCUT2D eigenvalue weighted by molar-refractivity contribution is -0.283. The van der Waals surface area contributed by atoms with Crippen LogP contribution in [-0.2, 0) is 27.9 Å². The van der Waals surface area contributed by atoms with E-state index < -0.39 is 0 Å². The van der Waals surface area contributed by atoms with Crippen LogP contribution in [0, 0.1) is 17.3 Å². The number of hydrogen-bond acceptors (Lipinski definition) is 5. The van der Waals surface area contributed by atoms with Crippen molar-refractivity contribution in [1.29, 1.82) is 0 Å². The fourth-order valence-electron chi connectivity index (χ4n) is 10.6. The van der Waals surface area contributed by atoms with Crippen molar-refractivity contribution < 1.29 is 18.9 Å². The third-order valence-corrected chi connectivity index (χ3v) is 12.5. The van der Waals surface area contributed by atoms with Gasteiger partial charge in [-0.2, -0.15) is 0 Å². The first-order chi connectivity index (χ1) is 20.1. The molecule has 214 valence electrons. The molecule has 5 nitrogen and oxygen atoms in total. The summed E-state index contributed by atoms with van der Waals surface area (Å²) in [6.07, 6.45) is 8.50. The third kappa shape index (κ3) is 3.13. The molecule has 4 bridgehead atoms. The molecule has 0 radical (unpaired) electrons. The van der Waals surface area contributed by atoms with Gasteiger partial charge in [-0.15, -0.1) is 0 Å². The Morgan fingerprint density at radius 2 is 1.85 bits per heavy atom. The van der Waals surface area contributed by atoms with Gasteiger partial charge in [-0.3, -0.25) is 4.90 Å². The van der Waals surface area contributed by atoms with E-state index in [0.29, 0.717) is 25.2 Å². The Bertz CT molecular complexity index is 1530. The summed E-state index contributed by atoms with van der Waals surface area (Å²) in [6.45, 7) is 3.76. The highest BCUT2D eigenvalue weighted by Gasteiger charge is 2.80. The van der Waals surface area contributed by atoms with E-state index >= 15 is 0 Å². The zero-order valence-corrected chi connectivity index (χ0v) is 24.4. The smallest absolute Gasteiger partial charge is 0.165 e. The van der Waals surface area contributed by atoms with Crippen LogP contribution in [0.2, 0.25) is 0 Å². The first kappa shape index (κ1) is 24.9. The predicted octanol–water partition coefficient (Wildman–Crippen LogP) is 6.29. The Morgan fingerprint density at radius 1 is 0.976 bits per heavy atom. The normalized spacial score (nSPS) is 36.3. The zero-order chi connectivity index (χ0) is 27.4. The van der Waals surface area contributed by atoms with Crippen molar-refractivity contribution in [1.82, 2.24) is 4.90 Å². The Kier molecular flexibility index (Phi) is 5.30. The summed E-state index contributed by atoms with van der Waals surface area (Å²) in [5.74, 6) is 3.08. The third-order valence-electron chi connectivity index (χ3n) is 12.5. The van der Waals surface area contributed by atoms with Gasteiger partial charge in [0.25, 0.3) is 0 Å². The van der Waals surface area contributed by atoms with Gasteiger partial charge in [-0.05, 0) is 85.4 Å². The topological polar surface area (TPSA) is 40.2 Å². The van der Waals surface area contributed by atoms with Crippen molar-refractivity contribution >= 4 is 10.8 Å². The second-order valence-electron chi connectivity index (χ2n) is 13.9. The van der Waals surface area contributed by atoms with Crippen LogP contribution in [-0.4, -0.2) is 56.6 Å². The van der Waals surface area contributed by atoms with Gasteiger partial charge in [0.1, 0.15) is 11.7 Å². The molecule has 5 heteroatoms. The van der Waals surface area contributed by atoms with Gasteiger partial charge in [0.05, 0.1) is 20.3 Å². The van der Waals surface area contributed by atoms with Crippen LogP contribution in [0.15, 0.2) is 54.6 Å². The monoisotopic (exact) mass is 551 g/mol. The number of benzene rings is 3. The number of ether oxygens (including phenoxy) is 4. The van der Waals surface area contributed by atoms with E-state index in [-0.39, 0.29) is 22.5 Å². The minimum atomic E-state index is -0.359. The lowest BCUT2D eigenvalue weighted by Crippen LogP contribution is -2.81. The molecule has 3 aromatic rings. The quantitative estimate of drug-likeness (QED) is 0.329. The molecule has 3 aromatic carbocycles. The molecule has 0 N–H and O–H groups in total. The molecule has 5 aliphatic carbocycles. The molecule has 2 aliphatic heterocycles. The predicted molar refractivity (Wildman–Crippen MR) is 159 cm³/mol. The van der Waals surface area contributed by atoms with Crippen LogP contribution in [0.4, 0.5) is 0 Å². The molecule has 4 saturated carbocycles. The SMILES string of the molecule is COc1ccc2c3c1O[C@H]1[C@@]4(OC)CC[C@@]5(C[C@@H]4COCc4cccc6ccccc46)[C@@H](C2)N(CC2CC2)CC[C@]315. The maximum absolute atomic E-state index is 7.18. The number of nitrogens with zero attached hydrogens (tertiary/aromatic N) is 1. The molecule has 2 spiro atoms. The number of fused-ring (bicyclic) bond motifs is 3. The van der Waals surface area contributed by atoms with Crippen molar-refractivity contribution in [3.8, 4) is 11.5 Å². The Balaban J connectivity index is 1.11. The molecule has 0 aromatic heterocycles. The lowest BCUT2D eigenvalue weighted by atomic mass is 9.35. The summed E-state index contributed by atoms with van der Waals surface area (Å²) in [5, 5.41) is 2.55. The largest absolute Gasteiger partial charge is 0.493 e. The van der Waals surface area contributed by atoms with Crippen molar-refractivity contribution in [2.45, 2.75) is 74.7 Å². The summed E-state index contributed by atoms with van der Waals surface area (Å²) in [7, 11) is 3.71. The van der Waals surface area contributed by atoms with Crippen LogP contribution in [0.1, 0.15) is 55.2 Å². The number of rotatable bonds is 8. The first-order valence-electron chi connectivity index (χ1n) is 15.8. The molecule has 6 atom stereocenters. The Morgan fingerprint density at radius 3 is 2.71 bits per heavy atom. The Labute approximate surface area is 243 Å². The minimum Gasteiger partial charge on any atom is -0.493 e. The van der Waals surface area contributed by atoms with E-state index in [1.807, 2.05) is 7.11 Å². The van der Waals surface area contributed by atoms with E-state index in [1.54, 1.807) is 7.11 Å². The minimum absolute atomic E-state index is 0.00424. The van der Waals surface area contributed by atoms with Crippen molar-refractivity contribution in [2.24, 2.45) is 17.3 Å². The van der Waals surface area contributed by atoms with Gasteiger partial charge in [0.2, 0.25) is 0 Å². The highest BCUT2D eigenvalue weighted by molar-refractivity contribution is 5.85. The molecule has 0 unspecified atom stereocenters. The van der Waals surface area contributed by atoms with E-state index in [4.69, 9.17) is 18.9 Å². The van der Waals surface area contributed by atoms with E-state index in [2.05, 4.69) is 59.5 Å². The van der Waals surface area contributed by atoms with E-state index in [0.717, 1.165) is 43.1 Å². The van der Waals surface area contributed by atoms with Crippen LogP contribution in [0.25, 0.3) is 10.8 Å². The van der Waals surface area contributed by atoms with Crippen molar-refractivity contribution in [3.05, 3.63) is 71.3 Å². The fourth-order valence-corrected chi connectivity index (χ4v) is 10.6. The molecule has 1 saturated heterocycles. The van der Waals surface area contributed by atoms with Crippen molar-refractivity contribution in [3.63, 3.8) is 0 Å². The summed E-state index contributed by atoms with van der Waals surface area (Å²) in [6, 6.07) is 20.2. The van der Waals surface area contributed by atoms with Gasteiger partial charge in [0.15, 0.2) is 11.5 Å². The molecule has 41 heavy (non-hydrogen) atoms. The number of piperidine rings is 1. The second-order valence-corrected chi connectivity index (χ2v) is 13.9. The summed E-state index contributed by atoms with van der Waals surface area (Å²) >= 11 is 0. The highest BCUT2D eigenvalue weighted by atomic mass is 16.6. The standard InChI is InChI=1S/C36H41NO4/c1-38-29-13-12-25-18-30-34-14-15-36(39-2,27(19-34)22-40-21-26-8-5-7-24-6-3-4-9-28(24)26)33-35(34,31(25)32(29)41-33)16-17-37(30)20-23-10-11-23/h3-9,12-13,23,27,30,33H,10-11,14-22H2,1-2H3/t27-,30-,33-,34-,35+,36-/m1/s1. The zero-order valence-electron chi connectivity index (χ0n) is 24.4. The summed E-state index contributed by atoms with van der Waals surface area (Å²) in [5.41, 5.74) is 4.04. The maximum atomic E-state index is 7.18. The van der Waals surface area contributed by atoms with E-state index in [9.17, 15) is 0 Å². The molecule has 7 aliphatic rings. The van der Waals surface area contributed by atoms with Gasteiger partial charge < -0.3 is 18.9 Å². The van der Waals surface area contributed by atoms with Crippen LogP contribution in [0.3, 0.4) is 0 Å². The number of likely N-dealkylation sites (tertiary alicyclic amines) is 1. The molecular weight excluding hydrogens is 510 g/mol. The fraction of sp³-hybridized carbons (Fsp3) is 0.556. The highest BCUT2D eigenvalue weighted by Crippen LogP contribution is 2.76. The summed E-state index contributed by atoms with van der Waals surface area (Å²) < 4.78 is 26.5.